The van der Waals surface area contributed by atoms with E-state index in [0.717, 1.165) is 13.2 Å². The normalized spacial score (nSPS) is 42.7. The molecule has 0 spiro atoms. The van der Waals surface area contributed by atoms with E-state index >= 15 is 0 Å². The summed E-state index contributed by atoms with van der Waals surface area (Å²) >= 11 is 0. The largest absolute Gasteiger partial charge is 0.379 e. The van der Waals surface area contributed by atoms with Gasteiger partial charge in [0, 0.05) is 6.61 Å². The Labute approximate surface area is 55.1 Å². The van der Waals surface area contributed by atoms with E-state index in [1.165, 1.54) is 19.3 Å². The van der Waals surface area contributed by atoms with Crippen LogP contribution in [-0.2, 0) is 9.47 Å². The highest BCUT2D eigenvalue weighted by Crippen LogP contribution is 2.28. The SMILES string of the molecule is C1CCC2OC2COC1. The average molecular weight is 128 g/mol. The summed E-state index contributed by atoms with van der Waals surface area (Å²) in [4.78, 5) is 0. The summed E-state index contributed by atoms with van der Waals surface area (Å²) in [6, 6.07) is 0. The molecule has 2 saturated heterocycles. The van der Waals surface area contributed by atoms with Crippen LogP contribution < -0.4 is 0 Å². The van der Waals surface area contributed by atoms with Crippen molar-refractivity contribution in [2.45, 2.75) is 31.5 Å². The molecule has 2 fully saturated rings. The van der Waals surface area contributed by atoms with Crippen molar-refractivity contribution in [1.82, 2.24) is 0 Å². The zero-order valence-electron chi connectivity index (χ0n) is 5.51. The molecule has 0 aromatic heterocycles. The molecule has 2 heteroatoms. The van der Waals surface area contributed by atoms with Crippen LogP contribution in [0.15, 0.2) is 0 Å². The molecule has 0 aliphatic carbocycles. The first kappa shape index (κ1) is 5.69. The summed E-state index contributed by atoms with van der Waals surface area (Å²) in [5.41, 5.74) is 0. The van der Waals surface area contributed by atoms with Gasteiger partial charge >= 0.3 is 0 Å². The van der Waals surface area contributed by atoms with Crippen molar-refractivity contribution < 1.29 is 9.47 Å². The van der Waals surface area contributed by atoms with Crippen LogP contribution in [0.25, 0.3) is 0 Å². The second-order valence-corrected chi connectivity index (χ2v) is 2.78. The van der Waals surface area contributed by atoms with E-state index in [1.54, 1.807) is 0 Å². The lowest BCUT2D eigenvalue weighted by molar-refractivity contribution is 0.113. The zero-order valence-corrected chi connectivity index (χ0v) is 5.51. The van der Waals surface area contributed by atoms with Gasteiger partial charge in [0.25, 0.3) is 0 Å². The summed E-state index contributed by atoms with van der Waals surface area (Å²) in [5, 5.41) is 0. The highest BCUT2D eigenvalue weighted by molar-refractivity contribution is 4.85. The molecule has 9 heavy (non-hydrogen) atoms. The standard InChI is InChI=1S/C7H12O2/c1-2-4-8-5-7-6(3-1)9-7/h6-7H,1-5H2. The summed E-state index contributed by atoms with van der Waals surface area (Å²) < 4.78 is 10.6. The topological polar surface area (TPSA) is 21.8 Å². The Balaban J connectivity index is 1.81. The van der Waals surface area contributed by atoms with Crippen molar-refractivity contribution in [2.24, 2.45) is 0 Å². The summed E-state index contributed by atoms with van der Waals surface area (Å²) in [6.45, 7) is 1.78. The number of rotatable bonds is 0. The summed E-state index contributed by atoms with van der Waals surface area (Å²) in [6.07, 6.45) is 4.78. The van der Waals surface area contributed by atoms with Crippen molar-refractivity contribution >= 4 is 0 Å². The van der Waals surface area contributed by atoms with Gasteiger partial charge in [-0.1, -0.05) is 0 Å². The molecule has 0 saturated carbocycles. The molecule has 0 amide bonds. The van der Waals surface area contributed by atoms with E-state index in [-0.39, 0.29) is 0 Å². The third-order valence-corrected chi connectivity index (χ3v) is 2.00. The minimum absolute atomic E-state index is 0.463. The lowest BCUT2D eigenvalue weighted by Crippen LogP contribution is -2.09. The minimum Gasteiger partial charge on any atom is -0.379 e. The second kappa shape index (κ2) is 2.27. The van der Waals surface area contributed by atoms with E-state index in [0.29, 0.717) is 12.2 Å². The summed E-state index contributed by atoms with van der Waals surface area (Å²) in [5.74, 6) is 0. The third kappa shape index (κ3) is 1.25. The van der Waals surface area contributed by atoms with Crippen LogP contribution in [0.1, 0.15) is 19.3 Å². The monoisotopic (exact) mass is 128 g/mol. The fourth-order valence-electron chi connectivity index (χ4n) is 1.33. The van der Waals surface area contributed by atoms with Crippen molar-refractivity contribution in [2.75, 3.05) is 13.2 Å². The molecule has 0 N–H and O–H groups in total. The van der Waals surface area contributed by atoms with Gasteiger partial charge < -0.3 is 9.47 Å². The van der Waals surface area contributed by atoms with E-state index < -0.39 is 0 Å². The van der Waals surface area contributed by atoms with Gasteiger partial charge in [0.15, 0.2) is 0 Å². The van der Waals surface area contributed by atoms with E-state index in [9.17, 15) is 0 Å². The molecule has 2 nitrogen and oxygen atoms in total. The Morgan fingerprint density at radius 3 is 3.11 bits per heavy atom. The molecule has 2 aliphatic heterocycles. The van der Waals surface area contributed by atoms with Gasteiger partial charge in [-0.15, -0.1) is 0 Å². The van der Waals surface area contributed by atoms with Crippen molar-refractivity contribution in [3.05, 3.63) is 0 Å². The van der Waals surface area contributed by atoms with Crippen molar-refractivity contribution in [1.29, 1.82) is 0 Å². The quantitative estimate of drug-likeness (QED) is 0.453. The maximum atomic E-state index is 5.31. The molecule has 2 aliphatic rings. The van der Waals surface area contributed by atoms with Crippen LogP contribution in [0, 0.1) is 0 Å². The van der Waals surface area contributed by atoms with Gasteiger partial charge in [-0.3, -0.25) is 0 Å². The molecule has 2 rings (SSSR count). The zero-order chi connectivity index (χ0) is 6.10. The Morgan fingerprint density at radius 1 is 1.11 bits per heavy atom. The molecule has 52 valence electrons. The van der Waals surface area contributed by atoms with Gasteiger partial charge in [0.2, 0.25) is 0 Å². The van der Waals surface area contributed by atoms with Gasteiger partial charge in [-0.05, 0) is 19.3 Å². The number of fused-ring (bicyclic) bond motifs is 1. The second-order valence-electron chi connectivity index (χ2n) is 2.78. The predicted octanol–water partition coefficient (Wildman–Crippen LogP) is 0.954. The van der Waals surface area contributed by atoms with E-state index in [2.05, 4.69) is 0 Å². The first-order valence-electron chi connectivity index (χ1n) is 3.70. The van der Waals surface area contributed by atoms with Gasteiger partial charge in [-0.2, -0.15) is 0 Å². The Morgan fingerprint density at radius 2 is 2.11 bits per heavy atom. The van der Waals surface area contributed by atoms with Crippen LogP contribution in [0.3, 0.4) is 0 Å². The minimum atomic E-state index is 0.463. The van der Waals surface area contributed by atoms with Gasteiger partial charge in [-0.25, -0.2) is 0 Å². The fourth-order valence-corrected chi connectivity index (χ4v) is 1.33. The molecular formula is C7H12O2. The van der Waals surface area contributed by atoms with Gasteiger partial charge in [0.1, 0.15) is 6.10 Å². The van der Waals surface area contributed by atoms with Crippen molar-refractivity contribution in [3.8, 4) is 0 Å². The van der Waals surface area contributed by atoms with E-state index in [1.807, 2.05) is 0 Å². The lowest BCUT2D eigenvalue weighted by Gasteiger charge is -2.04. The van der Waals surface area contributed by atoms with Crippen LogP contribution in [0.2, 0.25) is 0 Å². The predicted molar refractivity (Wildman–Crippen MR) is 33.3 cm³/mol. The third-order valence-electron chi connectivity index (χ3n) is 2.00. The van der Waals surface area contributed by atoms with Gasteiger partial charge in [0.05, 0.1) is 12.7 Å². The Kier molecular flexibility index (Phi) is 1.44. The highest BCUT2D eigenvalue weighted by atomic mass is 16.6. The van der Waals surface area contributed by atoms with E-state index in [4.69, 9.17) is 9.47 Å². The summed E-state index contributed by atoms with van der Waals surface area (Å²) in [7, 11) is 0. The fraction of sp³-hybridized carbons (Fsp3) is 1.00. The van der Waals surface area contributed by atoms with Crippen LogP contribution in [-0.4, -0.2) is 25.4 Å². The first-order valence-corrected chi connectivity index (χ1v) is 3.70. The molecule has 2 unspecified atom stereocenters. The number of hydrogen-bond acceptors (Lipinski definition) is 2. The molecule has 0 aromatic rings. The van der Waals surface area contributed by atoms with Crippen LogP contribution >= 0.6 is 0 Å². The lowest BCUT2D eigenvalue weighted by atomic mass is 10.1. The molecule has 0 bridgehead atoms. The number of ether oxygens (including phenoxy) is 2. The van der Waals surface area contributed by atoms with Crippen molar-refractivity contribution in [3.63, 3.8) is 0 Å². The maximum Gasteiger partial charge on any atom is 0.107 e. The first-order chi connectivity index (χ1) is 4.47. The molecule has 2 atom stereocenters. The molecule has 0 aromatic carbocycles. The Hall–Kier alpha value is -0.0800. The highest BCUT2D eigenvalue weighted by Gasteiger charge is 2.38. The molecular weight excluding hydrogens is 116 g/mol. The average Bonchev–Trinajstić information content (AvgIpc) is 2.46. The maximum absolute atomic E-state index is 5.31. The van der Waals surface area contributed by atoms with Crippen LogP contribution in [0.5, 0.6) is 0 Å². The Bertz CT molecular complexity index is 91.1. The molecule has 0 radical (unpaired) electrons. The van der Waals surface area contributed by atoms with Crippen LogP contribution in [0.4, 0.5) is 0 Å². The molecule has 2 heterocycles. The number of hydrogen-bond donors (Lipinski definition) is 0. The number of epoxide rings is 1. The smallest absolute Gasteiger partial charge is 0.107 e.